The van der Waals surface area contributed by atoms with E-state index in [0.717, 1.165) is 4.57 Å². The number of phenolic OH excluding ortho intramolecular Hbond substituents is 2. The predicted octanol–water partition coefficient (Wildman–Crippen LogP) is 11.1. The third kappa shape index (κ3) is 10.0. The molecule has 4 aromatic carbocycles. The summed E-state index contributed by atoms with van der Waals surface area (Å²) >= 11 is 12.9. The smallest absolute Gasteiger partial charge is 0.354 e. The minimum atomic E-state index is -1.09. The van der Waals surface area contributed by atoms with Crippen LogP contribution in [-0.2, 0) is 9.59 Å². The molecule has 4 aliphatic rings. The summed E-state index contributed by atoms with van der Waals surface area (Å²) in [7, 11) is 1.67. The number of fused-ring (bicyclic) bond motifs is 4. The molecule has 4 aromatic heterocycles. The number of nitrogens with one attached hydrogen (secondary N) is 1. The van der Waals surface area contributed by atoms with E-state index in [1.165, 1.54) is 53.1 Å². The van der Waals surface area contributed by atoms with Gasteiger partial charge in [0.05, 0.1) is 78.2 Å². The first-order valence-electron chi connectivity index (χ1n) is 29.0. The van der Waals surface area contributed by atoms with E-state index in [-0.39, 0.29) is 128 Å². The fraction of sp³-hybridized carbons (Fsp3) is 0.323. The van der Waals surface area contributed by atoms with Gasteiger partial charge in [0.25, 0.3) is 0 Å². The van der Waals surface area contributed by atoms with Crippen LogP contribution < -0.4 is 31.4 Å². The number of amides is 2. The normalized spacial score (nSPS) is 17.9. The molecule has 8 heterocycles. The van der Waals surface area contributed by atoms with Gasteiger partial charge in [0, 0.05) is 81.9 Å². The molecule has 24 heteroatoms. The van der Waals surface area contributed by atoms with Crippen LogP contribution in [0.3, 0.4) is 0 Å². The van der Waals surface area contributed by atoms with Crippen LogP contribution >= 0.6 is 23.2 Å². The lowest BCUT2D eigenvalue weighted by molar-refractivity contribution is -0.128. The lowest BCUT2D eigenvalue weighted by atomic mass is 9.97. The number of aryl methyl sites for hydroxylation is 2. The van der Waals surface area contributed by atoms with Gasteiger partial charge >= 0.3 is 11.4 Å². The standard InChI is InChI=1S/C33H33ClF2N6O3.C32H31ClF2N6O3/c1-7-22(44)40-13-18(5)41-19(15-40)14-39(6)30-25-31(27(36)24(26(30)35)23-20(34)9-8-10-21(23)43)42(33(45)38-32(25)41)29-17(4)11-12-37-28(29)16(2)3;1-6-21(43)39-13-17(5)40-18(14-39)12-37-28-24-30(26(35)23(25(28)34)22-19(33)8-7-9-20(22)42)41(32(44)38-31(24)40)29-16(4)10-11-36-27(29)15(2)3/h7-12,16,18-19,43H,1,13-15H2,2-6H3;6-11,15,17-18,37,42H,1,12-14H2,2-5H3. The summed E-state index contributed by atoms with van der Waals surface area (Å²) in [5, 5.41) is 24.8. The molecule has 0 radical (unpaired) electrons. The average molecular weight is 1260 g/mol. The van der Waals surface area contributed by atoms with Gasteiger partial charge in [-0.1, -0.05) is 76.2 Å². The van der Waals surface area contributed by atoms with Crippen LogP contribution in [0.15, 0.2) is 95.8 Å². The van der Waals surface area contributed by atoms with Crippen molar-refractivity contribution in [2.24, 2.45) is 0 Å². The van der Waals surface area contributed by atoms with Gasteiger partial charge in [0.2, 0.25) is 11.8 Å². The van der Waals surface area contributed by atoms with E-state index in [1.807, 2.05) is 51.3 Å². The van der Waals surface area contributed by atoms with Crippen LogP contribution in [0.4, 0.5) is 40.6 Å². The van der Waals surface area contributed by atoms with E-state index in [1.54, 1.807) is 60.1 Å². The van der Waals surface area contributed by atoms with Crippen molar-refractivity contribution in [2.45, 2.75) is 91.4 Å². The maximum Gasteiger partial charge on any atom is 0.354 e. The van der Waals surface area contributed by atoms with E-state index < -0.39 is 69.4 Å². The molecule has 0 bridgehead atoms. The molecule has 4 aliphatic heterocycles. The number of nitrogens with zero attached hydrogens (tertiary/aromatic N) is 11. The largest absolute Gasteiger partial charge is 0.507 e. The lowest BCUT2D eigenvalue weighted by Crippen LogP contribution is -2.61. The maximum absolute atomic E-state index is 17.4. The maximum atomic E-state index is 17.4. The number of carbonyl (C=O) groups excluding carboxylic acids is 2. The molecule has 2 fully saturated rings. The second kappa shape index (κ2) is 23.5. The van der Waals surface area contributed by atoms with Gasteiger partial charge < -0.3 is 40.0 Å². The van der Waals surface area contributed by atoms with Crippen molar-refractivity contribution in [1.82, 2.24) is 38.9 Å². The lowest BCUT2D eigenvalue weighted by Gasteiger charge is -2.46. The second-order valence-electron chi connectivity index (χ2n) is 23.6. The number of aromatic nitrogens is 6. The summed E-state index contributed by atoms with van der Waals surface area (Å²) < 4.78 is 70.7. The van der Waals surface area contributed by atoms with Crippen LogP contribution in [0.25, 0.3) is 55.4 Å². The molecule has 0 aliphatic carbocycles. The van der Waals surface area contributed by atoms with Gasteiger partial charge in [-0.2, -0.15) is 9.97 Å². The van der Waals surface area contributed by atoms with Crippen LogP contribution in [0, 0.1) is 37.1 Å². The molecular formula is C65H64Cl2F4N12O6. The second-order valence-corrected chi connectivity index (χ2v) is 24.4. The number of halogens is 6. The fourth-order valence-electron chi connectivity index (χ4n) is 13.3. The number of anilines is 4. The molecule has 2 amide bonds. The number of benzene rings is 4. The molecular weight excluding hydrogens is 1190 g/mol. The average Bonchev–Trinajstić information content (AvgIpc) is 1.71. The van der Waals surface area contributed by atoms with Crippen molar-refractivity contribution in [1.29, 1.82) is 0 Å². The topological polar surface area (TPSA) is 198 Å². The molecule has 0 saturated carbocycles. The molecule has 2 saturated heterocycles. The summed E-state index contributed by atoms with van der Waals surface area (Å²) in [6.07, 6.45) is 5.72. The Morgan fingerprint density at radius 1 is 0.618 bits per heavy atom. The van der Waals surface area contributed by atoms with Gasteiger partial charge in [-0.25, -0.2) is 27.2 Å². The van der Waals surface area contributed by atoms with Crippen molar-refractivity contribution < 1.29 is 37.4 Å². The summed E-state index contributed by atoms with van der Waals surface area (Å²) in [6.45, 7) is 23.6. The van der Waals surface area contributed by atoms with E-state index in [9.17, 15) is 29.4 Å². The third-order valence-electron chi connectivity index (χ3n) is 17.1. The SMILES string of the molecule is C=CC(=O)N1CC(C)N2c3nc(=O)n(-c4c(C)ccnc4C(C)C)c4c(F)c(-c5c(O)cccc5Cl)c(F)c(c34)N(C)CC2C1.C=CC(=O)N1CC(C)N2c3nc(=O)n(-c4c(C)ccnc4C(C)C)c4c(F)c(-c5c(O)cccc5Cl)c(F)c(c34)NCC2C1. The van der Waals surface area contributed by atoms with Gasteiger partial charge in [0.15, 0.2) is 23.3 Å². The van der Waals surface area contributed by atoms with Gasteiger partial charge in [-0.15, -0.1) is 0 Å². The van der Waals surface area contributed by atoms with Crippen LogP contribution in [0.1, 0.15) is 75.9 Å². The van der Waals surface area contributed by atoms with Crippen molar-refractivity contribution in [3.8, 4) is 45.1 Å². The predicted molar refractivity (Wildman–Crippen MR) is 339 cm³/mol. The number of hydrogen-bond donors (Lipinski definition) is 3. The molecule has 89 heavy (non-hydrogen) atoms. The number of piperazine rings is 2. The zero-order chi connectivity index (χ0) is 64.1. The number of hydrogen-bond acceptors (Lipinski definition) is 14. The summed E-state index contributed by atoms with van der Waals surface area (Å²) in [6, 6.07) is 10.2. The Morgan fingerprint density at radius 3 is 1.52 bits per heavy atom. The highest BCUT2D eigenvalue weighted by molar-refractivity contribution is 6.34. The number of phenols is 2. The minimum absolute atomic E-state index is 0.00666. The van der Waals surface area contributed by atoms with Crippen LogP contribution in [-0.4, -0.2) is 131 Å². The van der Waals surface area contributed by atoms with Crippen molar-refractivity contribution in [3.05, 3.63) is 163 Å². The molecule has 3 N–H and O–H groups in total. The molecule has 4 unspecified atom stereocenters. The Balaban J connectivity index is 0.000000184. The van der Waals surface area contributed by atoms with E-state index in [0.29, 0.717) is 47.0 Å². The van der Waals surface area contributed by atoms with E-state index in [4.69, 9.17) is 23.2 Å². The Kier molecular flexibility index (Phi) is 16.3. The number of pyridine rings is 2. The molecule has 0 spiro atoms. The molecule has 18 nitrogen and oxygen atoms in total. The highest BCUT2D eigenvalue weighted by Crippen LogP contribution is 2.51. The van der Waals surface area contributed by atoms with Crippen molar-refractivity contribution in [2.75, 3.05) is 66.3 Å². The van der Waals surface area contributed by atoms with Crippen molar-refractivity contribution in [3.63, 3.8) is 0 Å². The first-order chi connectivity index (χ1) is 42.3. The Morgan fingerprint density at radius 2 is 1.06 bits per heavy atom. The number of aromatic hydroxyl groups is 2. The number of carbonyl (C=O) groups is 2. The summed E-state index contributed by atoms with van der Waals surface area (Å²) in [4.78, 5) is 80.4. The van der Waals surface area contributed by atoms with Crippen LogP contribution in [0.5, 0.6) is 11.5 Å². The minimum Gasteiger partial charge on any atom is -0.507 e. The molecule has 4 atom stereocenters. The summed E-state index contributed by atoms with van der Waals surface area (Å²) in [5.41, 5.74) is -0.698. The monoisotopic (exact) mass is 1250 g/mol. The Bertz CT molecular complexity index is 4410. The highest BCUT2D eigenvalue weighted by atomic mass is 35.5. The highest BCUT2D eigenvalue weighted by Gasteiger charge is 2.44. The van der Waals surface area contributed by atoms with Crippen LogP contribution in [0.2, 0.25) is 10.0 Å². The van der Waals surface area contributed by atoms with E-state index >= 15 is 17.6 Å². The number of rotatable bonds is 8. The van der Waals surface area contributed by atoms with Gasteiger partial charge in [-0.05, 0) is 99.2 Å². The number of likely N-dealkylation sites (N-methyl/N-ethyl adjacent to an activating group) is 1. The summed E-state index contributed by atoms with van der Waals surface area (Å²) in [5.74, 6) is -5.56. The van der Waals surface area contributed by atoms with E-state index in [2.05, 4.69) is 38.4 Å². The zero-order valence-electron chi connectivity index (χ0n) is 50.3. The molecule has 8 aromatic rings. The zero-order valence-corrected chi connectivity index (χ0v) is 51.8. The first kappa shape index (κ1) is 61.6. The van der Waals surface area contributed by atoms with Gasteiger partial charge in [-0.3, -0.25) is 28.7 Å². The quantitative estimate of drug-likeness (QED) is 0.0959. The fourth-order valence-corrected chi connectivity index (χ4v) is 13.8. The molecule has 462 valence electrons. The third-order valence-corrected chi connectivity index (χ3v) is 17.7. The Labute approximate surface area is 519 Å². The van der Waals surface area contributed by atoms with Gasteiger partial charge in [0.1, 0.15) is 34.2 Å². The van der Waals surface area contributed by atoms with Crippen molar-refractivity contribution >= 4 is 79.8 Å². The molecule has 12 rings (SSSR count). The Hall–Kier alpha value is -9.02. The first-order valence-corrected chi connectivity index (χ1v) is 29.8.